The lowest BCUT2D eigenvalue weighted by atomic mass is 9.82. The molecule has 20 heteroatoms. The van der Waals surface area contributed by atoms with E-state index in [0.29, 0.717) is 62.8 Å². The summed E-state index contributed by atoms with van der Waals surface area (Å²) in [5.74, 6) is 0. The molecule has 89 heavy (non-hydrogen) atoms. The quantitative estimate of drug-likeness (QED) is 0.0234. The second kappa shape index (κ2) is 36.3. The molecule has 0 saturated heterocycles. The van der Waals surface area contributed by atoms with E-state index in [4.69, 9.17) is 5.73 Å². The molecule has 0 atom stereocenters. The van der Waals surface area contributed by atoms with Gasteiger partial charge in [-0.25, -0.2) is 0 Å². The summed E-state index contributed by atoms with van der Waals surface area (Å²) in [6, 6.07) is 0. The number of nitrogens with zero attached hydrogens (tertiary/aromatic N) is 4. The highest BCUT2D eigenvalue weighted by Gasteiger charge is 2.35. The second-order valence-corrected chi connectivity index (χ2v) is 29.1. The summed E-state index contributed by atoms with van der Waals surface area (Å²) in [5, 5.41) is 15.5. The van der Waals surface area contributed by atoms with Crippen LogP contribution in [-0.2, 0) is 27.1 Å². The molecule has 7 N–H and O–H groups in total. The maximum Gasteiger partial charge on any atom is 0.249 e. The lowest BCUT2D eigenvalue weighted by Crippen LogP contribution is -2.46. The van der Waals surface area contributed by atoms with Crippen molar-refractivity contribution in [2.24, 2.45) is 5.73 Å². The molecule has 20 nitrogen and oxygen atoms in total. The third-order valence-electron chi connectivity index (χ3n) is 15.4. The first-order chi connectivity index (χ1) is 41.0. The van der Waals surface area contributed by atoms with Gasteiger partial charge in [0.1, 0.15) is 0 Å². The minimum absolute atomic E-state index is 0.250. The molecule has 504 valence electrons. The minimum atomic E-state index is -0.358. The van der Waals surface area contributed by atoms with Crippen LogP contribution in [0, 0.1) is 0 Å². The number of rotatable bonds is 30. The molecule has 0 aliphatic rings. The Hall–Kier alpha value is -5.80. The van der Waals surface area contributed by atoms with Gasteiger partial charge in [0.2, 0.25) is 54.3 Å². The molecule has 0 fully saturated rings. The van der Waals surface area contributed by atoms with Crippen LogP contribution < -0.4 is 96.4 Å². The summed E-state index contributed by atoms with van der Waals surface area (Å²) in [7, 11) is 13.8. The van der Waals surface area contributed by atoms with Crippen LogP contribution in [0.2, 0.25) is 0 Å². The van der Waals surface area contributed by atoms with Crippen molar-refractivity contribution in [1.29, 1.82) is 0 Å². The third-order valence-corrected chi connectivity index (χ3v) is 15.4. The van der Waals surface area contributed by atoms with Crippen molar-refractivity contribution in [2.45, 2.75) is 202 Å². The van der Waals surface area contributed by atoms with Crippen LogP contribution >= 0.6 is 0 Å². The van der Waals surface area contributed by atoms with Crippen molar-refractivity contribution < 1.29 is 0 Å². The van der Waals surface area contributed by atoms with Crippen molar-refractivity contribution in [1.82, 2.24) is 20.4 Å². The average Bonchev–Trinajstić information content (AvgIpc) is 0.947. The molecule has 0 aliphatic heterocycles. The monoisotopic (exact) mass is 1250 g/mol. The Morgan fingerprint density at radius 1 is 0.326 bits per heavy atom. The summed E-state index contributed by atoms with van der Waals surface area (Å²) in [4.78, 5) is 124. The Morgan fingerprint density at radius 2 is 0.584 bits per heavy atom. The molecule has 0 unspecified atom stereocenters. The standard InChI is InChI=1S/C15H26N2O2.2C14H24N2O2.2C13H22N2O2/c1-6-17(5)10-8-7-9-16-12-11(15(2,3)4)13(18)14(12)19;1-14(2,3)10-11(13(18)12(10)17)15-8-6-7-9-16(4)5;1-14(2,3)10-11(13(18)12(10)17)16(5)9-7-6-8-15-4;1-13(2,3)9-10(12(17)11(9)16)15(4)8-6-5-7-14;1-13(2,3)9-10(12(17)11(9)16)15-8-6-5-7-14-4/h16H,6-10H2,1-5H3;2*15H,6-9H2,1-5H3;5-8,14H2,1-4H3;14-15H,5-8H2,1-4H3. The van der Waals surface area contributed by atoms with Gasteiger partial charge in [0.15, 0.2) is 0 Å². The zero-order valence-electron chi connectivity index (χ0n) is 59.3. The van der Waals surface area contributed by atoms with Crippen molar-refractivity contribution in [3.8, 4) is 0 Å². The van der Waals surface area contributed by atoms with Crippen molar-refractivity contribution in [3.63, 3.8) is 0 Å². The highest BCUT2D eigenvalue weighted by Crippen LogP contribution is 2.30. The van der Waals surface area contributed by atoms with Crippen molar-refractivity contribution >= 4 is 28.4 Å². The highest BCUT2D eigenvalue weighted by atomic mass is 16.2. The summed E-state index contributed by atoms with van der Waals surface area (Å²) in [5.41, 5.74) is 6.98. The largest absolute Gasteiger partial charge is 0.381 e. The third kappa shape index (κ3) is 24.1. The van der Waals surface area contributed by atoms with E-state index in [-0.39, 0.29) is 81.4 Å². The predicted octanol–water partition coefficient (Wildman–Crippen LogP) is 5.82. The SMILES string of the molecule is CCN(C)CCCCNc1c(C(C)(C)C)c(=O)c1=O.CN(C)CCCCNc1c(C(C)(C)C)c(=O)c1=O.CN(CCCCN)c1c(C(C)(C)C)c(=O)c1=O.CNCCCCN(C)c1c(C(C)(C)C)c(=O)c1=O.CNCCCCNc1c(C(C)(C)C)c(=O)c1=O. The van der Waals surface area contributed by atoms with Crippen LogP contribution in [0.15, 0.2) is 47.9 Å². The predicted molar refractivity (Wildman–Crippen MR) is 377 cm³/mol. The first-order valence-electron chi connectivity index (χ1n) is 32.2. The van der Waals surface area contributed by atoms with Crippen LogP contribution in [0.4, 0.5) is 28.4 Å². The molecule has 5 aromatic rings. The first kappa shape index (κ1) is 81.2. The number of hydrogen-bond acceptors (Lipinski definition) is 20. The number of nitrogens with one attached hydrogen (secondary N) is 5. The highest BCUT2D eigenvalue weighted by molar-refractivity contribution is 5.63. The van der Waals surface area contributed by atoms with Gasteiger partial charge in [-0.2, -0.15) is 0 Å². The van der Waals surface area contributed by atoms with Crippen molar-refractivity contribution in [2.75, 3.05) is 147 Å². The molecule has 5 aromatic carbocycles. The summed E-state index contributed by atoms with van der Waals surface area (Å²) >= 11 is 0. The molecule has 0 saturated carbocycles. The molecule has 5 rings (SSSR count). The van der Waals surface area contributed by atoms with Crippen LogP contribution in [0.5, 0.6) is 0 Å². The molecule has 0 radical (unpaired) electrons. The van der Waals surface area contributed by atoms with E-state index in [1.807, 2.05) is 156 Å². The van der Waals surface area contributed by atoms with E-state index >= 15 is 0 Å². The smallest absolute Gasteiger partial charge is 0.249 e. The van der Waals surface area contributed by atoms with Gasteiger partial charge in [-0.15, -0.1) is 0 Å². The van der Waals surface area contributed by atoms with E-state index in [1.54, 1.807) is 0 Å². The molecular formula is C69H118N10O10. The maximum atomic E-state index is 11.7. The number of anilines is 5. The summed E-state index contributed by atoms with van der Waals surface area (Å²) in [6.07, 6.45) is 10.2. The molecular weight excluding hydrogens is 1130 g/mol. The zero-order valence-corrected chi connectivity index (χ0v) is 59.3. The second-order valence-electron chi connectivity index (χ2n) is 29.1. The maximum absolute atomic E-state index is 11.7. The number of unbranched alkanes of at least 4 members (excludes halogenated alkanes) is 5. The molecule has 0 spiro atoms. The Kier molecular flexibility index (Phi) is 33.1. The lowest BCUT2D eigenvalue weighted by molar-refractivity contribution is 0.345. The Bertz CT molecular complexity index is 3320. The van der Waals surface area contributed by atoms with E-state index < -0.39 is 0 Å². The van der Waals surface area contributed by atoms with Crippen LogP contribution in [0.3, 0.4) is 0 Å². The summed E-state index contributed by atoms with van der Waals surface area (Å²) < 4.78 is 0. The van der Waals surface area contributed by atoms with Gasteiger partial charge in [-0.05, 0) is 166 Å². The normalized spacial score (nSPS) is 12.2. The van der Waals surface area contributed by atoms with E-state index in [1.165, 1.54) is 0 Å². The number of hydrogen-bond donors (Lipinski definition) is 6. The van der Waals surface area contributed by atoms with Gasteiger partial charge in [-0.3, -0.25) is 47.9 Å². The van der Waals surface area contributed by atoms with E-state index in [9.17, 15) is 47.9 Å². The van der Waals surface area contributed by atoms with Gasteiger partial charge >= 0.3 is 0 Å². The lowest BCUT2D eigenvalue weighted by Gasteiger charge is -2.29. The van der Waals surface area contributed by atoms with Gasteiger partial charge in [0.25, 0.3) is 0 Å². The van der Waals surface area contributed by atoms with Gasteiger partial charge in [0, 0.05) is 74.6 Å². The van der Waals surface area contributed by atoms with E-state index in [0.717, 1.165) is 130 Å². The van der Waals surface area contributed by atoms with Gasteiger partial charge < -0.3 is 51.9 Å². The topological polar surface area (TPSA) is 270 Å². The fourth-order valence-electron chi connectivity index (χ4n) is 10.4. The fourth-order valence-corrected chi connectivity index (χ4v) is 10.4. The summed E-state index contributed by atoms with van der Waals surface area (Å²) in [6.45, 7) is 41.2. The first-order valence-corrected chi connectivity index (χ1v) is 32.2. The van der Waals surface area contributed by atoms with Crippen LogP contribution in [0.25, 0.3) is 0 Å². The zero-order chi connectivity index (χ0) is 68.7. The van der Waals surface area contributed by atoms with Crippen LogP contribution in [0.1, 0.15) is 203 Å². The Balaban J connectivity index is 0.000000557. The molecule has 0 aliphatic carbocycles. The van der Waals surface area contributed by atoms with E-state index in [2.05, 4.69) is 50.4 Å². The minimum Gasteiger partial charge on any atom is -0.381 e. The average molecular weight is 1250 g/mol. The molecule has 0 bridgehead atoms. The Morgan fingerprint density at radius 3 is 0.865 bits per heavy atom. The molecule has 0 amide bonds. The fraction of sp³-hybridized carbons (Fsp3) is 0.710. The number of nitrogens with two attached hydrogens (primary N) is 1. The molecule has 0 aromatic heterocycles. The van der Waals surface area contributed by atoms with Crippen molar-refractivity contribution in [3.05, 3.63) is 130 Å². The van der Waals surface area contributed by atoms with Gasteiger partial charge in [0.05, 0.1) is 28.4 Å². The molecule has 0 heterocycles. The van der Waals surface area contributed by atoms with Crippen LogP contribution in [-0.4, -0.2) is 131 Å². The Labute approximate surface area is 531 Å². The van der Waals surface area contributed by atoms with Gasteiger partial charge in [-0.1, -0.05) is 111 Å².